The maximum Gasteiger partial charge on any atom is 0.231 e. The zero-order chi connectivity index (χ0) is 30.1. The molecule has 5 aromatic rings. The van der Waals surface area contributed by atoms with E-state index in [2.05, 4.69) is 68.9 Å². The van der Waals surface area contributed by atoms with E-state index in [4.69, 9.17) is 14.2 Å². The Morgan fingerprint density at radius 1 is 0.955 bits per heavy atom. The second-order valence-electron chi connectivity index (χ2n) is 10.9. The van der Waals surface area contributed by atoms with Gasteiger partial charge in [0.15, 0.2) is 0 Å². The maximum absolute atomic E-state index is 13.5. The van der Waals surface area contributed by atoms with Gasteiger partial charge in [-0.2, -0.15) is 5.10 Å². The number of nitrogens with zero attached hydrogens (tertiary/aromatic N) is 2. The molecular weight excluding hydrogens is 552 g/mol. The van der Waals surface area contributed by atoms with Crippen LogP contribution in [0.4, 0.5) is 5.69 Å². The zero-order valence-corrected chi connectivity index (χ0v) is 24.7. The summed E-state index contributed by atoms with van der Waals surface area (Å²) in [4.78, 5) is 15.9. The fourth-order valence-corrected chi connectivity index (χ4v) is 5.42. The Bertz CT molecular complexity index is 1620. The number of carbonyl (C=O) groups excluding carboxylic acids is 1. The third-order valence-corrected chi connectivity index (χ3v) is 7.78. The van der Waals surface area contributed by atoms with Crippen LogP contribution in [0.15, 0.2) is 109 Å². The Labute approximate surface area is 257 Å². The van der Waals surface area contributed by atoms with E-state index >= 15 is 0 Å². The molecule has 2 N–H and O–H groups in total. The standard InChI is InChI=1S/C36H36N4O4/c1-42-32-13-15-34-29(19-32)18-30(25-44-34)36(41)39-33-14-12-28(31-21-37-38-22-31)20-35(33)43-17-16-40(23-26-8-4-2-5-9-26)24-27-10-6-3-7-11-27/h2-15,19-22,30H,16-18,23-25H2,1H3,(H,37,38)(H,39,41)/t30-/m0/s1. The first-order chi connectivity index (χ1) is 21.6. The van der Waals surface area contributed by atoms with E-state index in [0.717, 1.165) is 41.3 Å². The normalized spacial score (nSPS) is 14.0. The second-order valence-corrected chi connectivity index (χ2v) is 10.9. The Hall–Kier alpha value is -5.08. The minimum atomic E-state index is -0.344. The van der Waals surface area contributed by atoms with Gasteiger partial charge in [-0.05, 0) is 59.0 Å². The van der Waals surface area contributed by atoms with Crippen LogP contribution in [0, 0.1) is 5.92 Å². The molecule has 1 aliphatic rings. The summed E-state index contributed by atoms with van der Waals surface area (Å²) in [7, 11) is 1.63. The minimum Gasteiger partial charge on any atom is -0.497 e. The van der Waals surface area contributed by atoms with Crippen LogP contribution >= 0.6 is 0 Å². The number of fused-ring (bicyclic) bond motifs is 1. The van der Waals surface area contributed by atoms with Crippen molar-refractivity contribution in [2.45, 2.75) is 19.5 Å². The molecule has 8 nitrogen and oxygen atoms in total. The van der Waals surface area contributed by atoms with Crippen LogP contribution in [-0.4, -0.2) is 47.9 Å². The van der Waals surface area contributed by atoms with Gasteiger partial charge in [0.05, 0.1) is 24.9 Å². The summed E-state index contributed by atoms with van der Waals surface area (Å²) in [6.07, 6.45) is 4.17. The van der Waals surface area contributed by atoms with Crippen molar-refractivity contribution in [1.29, 1.82) is 0 Å². The zero-order valence-electron chi connectivity index (χ0n) is 24.7. The molecule has 0 aliphatic carbocycles. The third kappa shape index (κ3) is 7.27. The van der Waals surface area contributed by atoms with E-state index in [1.807, 2.05) is 54.7 Å². The highest BCUT2D eigenvalue weighted by Gasteiger charge is 2.27. The number of anilines is 1. The molecule has 1 aromatic heterocycles. The molecule has 0 fully saturated rings. The molecule has 1 amide bonds. The number of hydrogen-bond acceptors (Lipinski definition) is 6. The average Bonchev–Trinajstić information content (AvgIpc) is 3.61. The van der Waals surface area contributed by atoms with E-state index in [1.165, 1.54) is 11.1 Å². The number of carbonyl (C=O) groups is 1. The summed E-state index contributed by atoms with van der Waals surface area (Å²) >= 11 is 0. The summed E-state index contributed by atoms with van der Waals surface area (Å²) in [6, 6.07) is 32.4. The molecule has 6 rings (SSSR count). The van der Waals surface area contributed by atoms with Crippen LogP contribution in [0.3, 0.4) is 0 Å². The van der Waals surface area contributed by atoms with Crippen molar-refractivity contribution in [2.24, 2.45) is 5.92 Å². The van der Waals surface area contributed by atoms with Crippen LogP contribution < -0.4 is 19.5 Å². The van der Waals surface area contributed by atoms with Crippen LogP contribution in [-0.2, 0) is 24.3 Å². The summed E-state index contributed by atoms with van der Waals surface area (Å²) in [5, 5.41) is 10.1. The lowest BCUT2D eigenvalue weighted by Crippen LogP contribution is -2.32. The van der Waals surface area contributed by atoms with Crippen LogP contribution in [0.5, 0.6) is 17.2 Å². The minimum absolute atomic E-state index is 0.117. The number of aromatic nitrogens is 2. The first kappa shape index (κ1) is 29.0. The topological polar surface area (TPSA) is 88.7 Å². The van der Waals surface area contributed by atoms with E-state index in [9.17, 15) is 4.79 Å². The summed E-state index contributed by atoms with van der Waals surface area (Å²) in [5.41, 5.74) is 5.95. The van der Waals surface area contributed by atoms with Gasteiger partial charge in [0.25, 0.3) is 0 Å². The first-order valence-corrected chi connectivity index (χ1v) is 14.8. The highest BCUT2D eigenvalue weighted by atomic mass is 16.5. The Kier molecular flexibility index (Phi) is 9.18. The quantitative estimate of drug-likeness (QED) is 0.176. The first-order valence-electron chi connectivity index (χ1n) is 14.8. The lowest BCUT2D eigenvalue weighted by atomic mass is 9.95. The van der Waals surface area contributed by atoms with Crippen molar-refractivity contribution in [3.05, 3.63) is 126 Å². The fraction of sp³-hybridized carbons (Fsp3) is 0.222. The fourth-order valence-electron chi connectivity index (χ4n) is 5.42. The molecule has 0 spiro atoms. The van der Waals surface area contributed by atoms with E-state index in [-0.39, 0.29) is 11.8 Å². The van der Waals surface area contributed by atoms with Gasteiger partial charge in [0, 0.05) is 31.4 Å². The molecular formula is C36H36N4O4. The van der Waals surface area contributed by atoms with Crippen LogP contribution in [0.1, 0.15) is 16.7 Å². The molecule has 4 aromatic carbocycles. The predicted octanol–water partition coefficient (Wildman–Crippen LogP) is 6.36. The van der Waals surface area contributed by atoms with Crippen molar-refractivity contribution in [2.75, 3.05) is 32.2 Å². The third-order valence-electron chi connectivity index (χ3n) is 7.78. The number of methoxy groups -OCH3 is 1. The molecule has 1 atom stereocenters. The predicted molar refractivity (Wildman–Crippen MR) is 171 cm³/mol. The lowest BCUT2D eigenvalue weighted by Gasteiger charge is -2.26. The van der Waals surface area contributed by atoms with Gasteiger partial charge in [-0.15, -0.1) is 0 Å². The summed E-state index contributed by atoms with van der Waals surface area (Å²) in [6.45, 7) is 3.04. The van der Waals surface area contributed by atoms with Crippen molar-refractivity contribution < 1.29 is 19.0 Å². The molecule has 224 valence electrons. The van der Waals surface area contributed by atoms with E-state index < -0.39 is 0 Å². The number of H-pyrrole nitrogens is 1. The van der Waals surface area contributed by atoms with Gasteiger partial charge in [-0.25, -0.2) is 0 Å². The van der Waals surface area contributed by atoms with Crippen molar-refractivity contribution in [1.82, 2.24) is 15.1 Å². The molecule has 0 saturated heterocycles. The summed E-state index contributed by atoms with van der Waals surface area (Å²) < 4.78 is 17.7. The Morgan fingerprint density at radius 3 is 2.39 bits per heavy atom. The number of amides is 1. The maximum atomic E-state index is 13.5. The molecule has 0 bridgehead atoms. The molecule has 0 saturated carbocycles. The molecule has 0 radical (unpaired) electrons. The number of aromatic amines is 1. The SMILES string of the molecule is COc1ccc2c(c1)C[C@H](C(=O)Nc1ccc(-c3cn[nH]c3)cc1OCCN(Cc1ccccc1)Cc1ccccc1)CO2. The average molecular weight is 589 g/mol. The smallest absolute Gasteiger partial charge is 0.231 e. The van der Waals surface area contributed by atoms with Crippen molar-refractivity contribution >= 4 is 11.6 Å². The molecule has 8 heteroatoms. The monoisotopic (exact) mass is 588 g/mol. The summed E-state index contributed by atoms with van der Waals surface area (Å²) in [5.74, 6) is 1.68. The Balaban J connectivity index is 1.17. The number of ether oxygens (including phenoxy) is 3. The number of hydrogen-bond donors (Lipinski definition) is 2. The van der Waals surface area contributed by atoms with Crippen molar-refractivity contribution in [3.63, 3.8) is 0 Å². The highest BCUT2D eigenvalue weighted by Crippen LogP contribution is 2.34. The van der Waals surface area contributed by atoms with E-state index in [0.29, 0.717) is 37.6 Å². The van der Waals surface area contributed by atoms with Crippen LogP contribution in [0.2, 0.25) is 0 Å². The Morgan fingerprint density at radius 2 is 1.70 bits per heavy atom. The van der Waals surface area contributed by atoms with Gasteiger partial charge in [-0.3, -0.25) is 14.8 Å². The van der Waals surface area contributed by atoms with Crippen molar-refractivity contribution in [3.8, 4) is 28.4 Å². The van der Waals surface area contributed by atoms with E-state index in [1.54, 1.807) is 13.3 Å². The largest absolute Gasteiger partial charge is 0.497 e. The number of nitrogens with one attached hydrogen (secondary N) is 2. The molecule has 2 heterocycles. The molecule has 44 heavy (non-hydrogen) atoms. The number of rotatable bonds is 12. The molecule has 0 unspecified atom stereocenters. The van der Waals surface area contributed by atoms with Gasteiger partial charge in [0.2, 0.25) is 5.91 Å². The van der Waals surface area contributed by atoms with Gasteiger partial charge >= 0.3 is 0 Å². The van der Waals surface area contributed by atoms with Gasteiger partial charge in [-0.1, -0.05) is 66.7 Å². The van der Waals surface area contributed by atoms with Gasteiger partial charge in [0.1, 0.15) is 30.5 Å². The van der Waals surface area contributed by atoms with Crippen LogP contribution in [0.25, 0.3) is 11.1 Å². The highest BCUT2D eigenvalue weighted by molar-refractivity contribution is 5.95. The second kappa shape index (κ2) is 13.9. The number of benzene rings is 4. The molecule has 1 aliphatic heterocycles. The lowest BCUT2D eigenvalue weighted by molar-refractivity contribution is -0.121. The van der Waals surface area contributed by atoms with Gasteiger partial charge < -0.3 is 19.5 Å².